The van der Waals surface area contributed by atoms with Gasteiger partial charge in [0, 0.05) is 18.2 Å². The molecule has 27 heavy (non-hydrogen) atoms. The van der Waals surface area contributed by atoms with Gasteiger partial charge in [-0.25, -0.2) is 4.98 Å². The Hall–Kier alpha value is -3.42. The molecule has 1 aromatic heterocycles. The molecule has 0 spiro atoms. The summed E-state index contributed by atoms with van der Waals surface area (Å²) in [6, 6.07) is 11.8. The van der Waals surface area contributed by atoms with E-state index >= 15 is 0 Å². The zero-order chi connectivity index (χ0) is 19.0. The number of H-pyrrole nitrogens is 1. The Morgan fingerprint density at radius 3 is 2.89 bits per heavy atom. The van der Waals surface area contributed by atoms with Crippen LogP contribution in [-0.2, 0) is 0 Å². The predicted molar refractivity (Wildman–Crippen MR) is 98.8 cm³/mol. The number of ether oxygens (including phenoxy) is 1. The summed E-state index contributed by atoms with van der Waals surface area (Å²) in [4.78, 5) is 33.4. The number of rotatable bonds is 4. The van der Waals surface area contributed by atoms with Crippen molar-refractivity contribution in [2.24, 2.45) is 0 Å². The van der Waals surface area contributed by atoms with E-state index in [2.05, 4.69) is 9.97 Å². The third-order valence-corrected chi connectivity index (χ3v) is 4.86. The predicted octanol–water partition coefficient (Wildman–Crippen LogP) is 3.46. The van der Waals surface area contributed by atoms with Crippen molar-refractivity contribution in [3.63, 3.8) is 0 Å². The number of para-hydroxylation sites is 2. The first-order valence-electron chi connectivity index (χ1n) is 8.66. The van der Waals surface area contributed by atoms with Gasteiger partial charge in [-0.1, -0.05) is 12.1 Å². The molecule has 1 saturated heterocycles. The van der Waals surface area contributed by atoms with Crippen LogP contribution in [0.3, 0.4) is 0 Å². The molecule has 0 unspecified atom stereocenters. The number of methoxy groups -OCH3 is 1. The molecule has 1 aliphatic rings. The maximum atomic E-state index is 13.0. The average molecular weight is 366 g/mol. The van der Waals surface area contributed by atoms with Crippen LogP contribution >= 0.6 is 0 Å². The van der Waals surface area contributed by atoms with E-state index in [4.69, 9.17) is 4.74 Å². The number of likely N-dealkylation sites (tertiary alicyclic amines) is 1. The minimum atomic E-state index is -0.545. The molecule has 1 N–H and O–H groups in total. The SMILES string of the molecule is COc1ccc(C(=O)N2CCC[C@@H]2c2nc3ccccc3[nH]2)cc1[N+](=O)[O-]. The third-order valence-electron chi connectivity index (χ3n) is 4.86. The Labute approximate surface area is 154 Å². The highest BCUT2D eigenvalue weighted by Gasteiger charge is 2.33. The Morgan fingerprint density at radius 2 is 2.15 bits per heavy atom. The second-order valence-electron chi connectivity index (χ2n) is 6.44. The van der Waals surface area contributed by atoms with Crippen molar-refractivity contribution < 1.29 is 14.5 Å². The van der Waals surface area contributed by atoms with E-state index in [1.54, 1.807) is 11.0 Å². The van der Waals surface area contributed by atoms with Crippen LogP contribution in [0.1, 0.15) is 35.1 Å². The molecular formula is C19H18N4O4. The van der Waals surface area contributed by atoms with Crippen molar-refractivity contribution in [1.82, 2.24) is 14.9 Å². The first-order chi connectivity index (χ1) is 13.1. The number of nitro groups is 1. The zero-order valence-electron chi connectivity index (χ0n) is 14.7. The van der Waals surface area contributed by atoms with Gasteiger partial charge < -0.3 is 14.6 Å². The van der Waals surface area contributed by atoms with E-state index in [-0.39, 0.29) is 28.9 Å². The minimum absolute atomic E-state index is 0.131. The van der Waals surface area contributed by atoms with Gasteiger partial charge in [-0.05, 0) is 37.1 Å². The molecule has 2 heterocycles. The van der Waals surface area contributed by atoms with Gasteiger partial charge in [-0.3, -0.25) is 14.9 Å². The standard InChI is InChI=1S/C19H18N4O4/c1-27-17-9-8-12(11-16(17)23(25)26)19(24)22-10-4-7-15(22)18-20-13-5-2-3-6-14(13)21-18/h2-3,5-6,8-9,11,15H,4,7,10H2,1H3,(H,20,21)/t15-/m1/s1. The highest BCUT2D eigenvalue weighted by atomic mass is 16.6. The number of amides is 1. The number of nitrogens with zero attached hydrogens (tertiary/aromatic N) is 3. The molecule has 1 atom stereocenters. The number of hydrogen-bond donors (Lipinski definition) is 1. The second kappa shape index (κ2) is 6.71. The van der Waals surface area contributed by atoms with Gasteiger partial charge in [0.1, 0.15) is 5.82 Å². The van der Waals surface area contributed by atoms with Gasteiger partial charge in [0.15, 0.2) is 5.75 Å². The smallest absolute Gasteiger partial charge is 0.311 e. The third kappa shape index (κ3) is 2.99. The fraction of sp³-hybridized carbons (Fsp3) is 0.263. The molecule has 4 rings (SSSR count). The summed E-state index contributed by atoms with van der Waals surface area (Å²) in [5.41, 5.74) is 1.83. The zero-order valence-corrected chi connectivity index (χ0v) is 14.7. The molecule has 1 aliphatic heterocycles. The van der Waals surface area contributed by atoms with Crippen LogP contribution in [0.2, 0.25) is 0 Å². The lowest BCUT2D eigenvalue weighted by atomic mass is 10.1. The van der Waals surface area contributed by atoms with Crippen LogP contribution in [0.25, 0.3) is 11.0 Å². The molecule has 8 heteroatoms. The number of carbonyl (C=O) groups is 1. The average Bonchev–Trinajstić information content (AvgIpc) is 3.33. The molecule has 1 amide bonds. The fourth-order valence-corrected chi connectivity index (χ4v) is 3.56. The number of nitro benzene ring substituents is 1. The first kappa shape index (κ1) is 17.0. The normalized spacial score (nSPS) is 16.6. The largest absolute Gasteiger partial charge is 0.490 e. The molecule has 2 aromatic carbocycles. The summed E-state index contributed by atoms with van der Waals surface area (Å²) in [6.07, 6.45) is 1.65. The van der Waals surface area contributed by atoms with Crippen LogP contribution < -0.4 is 4.74 Å². The van der Waals surface area contributed by atoms with Gasteiger partial charge in [0.2, 0.25) is 0 Å². The van der Waals surface area contributed by atoms with Crippen molar-refractivity contribution >= 4 is 22.6 Å². The van der Waals surface area contributed by atoms with Crippen molar-refractivity contribution in [2.75, 3.05) is 13.7 Å². The molecule has 1 fully saturated rings. The molecule has 0 radical (unpaired) electrons. The maximum Gasteiger partial charge on any atom is 0.311 e. The summed E-state index contributed by atoms with van der Waals surface area (Å²) in [7, 11) is 1.36. The monoisotopic (exact) mass is 366 g/mol. The Balaban J connectivity index is 1.66. The van der Waals surface area contributed by atoms with E-state index in [0.29, 0.717) is 6.54 Å². The number of hydrogen-bond acceptors (Lipinski definition) is 5. The highest BCUT2D eigenvalue weighted by molar-refractivity contribution is 5.95. The van der Waals surface area contributed by atoms with Gasteiger partial charge in [0.05, 0.1) is 29.1 Å². The molecule has 8 nitrogen and oxygen atoms in total. The first-order valence-corrected chi connectivity index (χ1v) is 8.66. The highest BCUT2D eigenvalue weighted by Crippen LogP contribution is 2.34. The number of aromatic nitrogens is 2. The second-order valence-corrected chi connectivity index (χ2v) is 6.44. The van der Waals surface area contributed by atoms with Gasteiger partial charge >= 0.3 is 5.69 Å². The molecular weight excluding hydrogens is 348 g/mol. The summed E-state index contributed by atoms with van der Waals surface area (Å²) in [5, 5.41) is 11.2. The maximum absolute atomic E-state index is 13.0. The number of fused-ring (bicyclic) bond motifs is 1. The van der Waals surface area contributed by atoms with E-state index in [1.807, 2.05) is 24.3 Å². The van der Waals surface area contributed by atoms with E-state index in [0.717, 1.165) is 29.7 Å². The van der Waals surface area contributed by atoms with E-state index in [9.17, 15) is 14.9 Å². The lowest BCUT2D eigenvalue weighted by molar-refractivity contribution is -0.385. The van der Waals surface area contributed by atoms with Crippen LogP contribution in [0, 0.1) is 10.1 Å². The van der Waals surface area contributed by atoms with Crippen molar-refractivity contribution in [3.8, 4) is 5.75 Å². The number of carbonyl (C=O) groups excluding carboxylic acids is 1. The fourth-order valence-electron chi connectivity index (χ4n) is 3.56. The van der Waals surface area contributed by atoms with E-state index < -0.39 is 4.92 Å². The van der Waals surface area contributed by atoms with Gasteiger partial charge in [0.25, 0.3) is 5.91 Å². The van der Waals surface area contributed by atoms with Crippen LogP contribution in [0.5, 0.6) is 5.75 Å². The van der Waals surface area contributed by atoms with Gasteiger partial charge in [-0.2, -0.15) is 0 Å². The number of nitrogens with one attached hydrogen (secondary N) is 1. The van der Waals surface area contributed by atoms with Crippen molar-refractivity contribution in [1.29, 1.82) is 0 Å². The molecule has 0 saturated carbocycles. The Kier molecular flexibility index (Phi) is 4.23. The van der Waals surface area contributed by atoms with E-state index in [1.165, 1.54) is 19.2 Å². The molecule has 3 aromatic rings. The number of aromatic amines is 1. The lowest BCUT2D eigenvalue weighted by Gasteiger charge is -2.23. The lowest BCUT2D eigenvalue weighted by Crippen LogP contribution is -2.31. The Morgan fingerprint density at radius 1 is 1.33 bits per heavy atom. The van der Waals surface area contributed by atoms with Crippen LogP contribution in [0.4, 0.5) is 5.69 Å². The summed E-state index contributed by atoms with van der Waals surface area (Å²) in [5.74, 6) is 0.626. The minimum Gasteiger partial charge on any atom is -0.490 e. The summed E-state index contributed by atoms with van der Waals surface area (Å²) < 4.78 is 5.01. The molecule has 0 bridgehead atoms. The van der Waals surface area contributed by atoms with Crippen molar-refractivity contribution in [3.05, 3.63) is 64.0 Å². The quantitative estimate of drug-likeness (QED) is 0.563. The summed E-state index contributed by atoms with van der Waals surface area (Å²) in [6.45, 7) is 0.584. The number of imidazole rings is 1. The summed E-state index contributed by atoms with van der Waals surface area (Å²) >= 11 is 0. The van der Waals surface area contributed by atoms with Crippen LogP contribution in [-0.4, -0.2) is 39.4 Å². The van der Waals surface area contributed by atoms with Gasteiger partial charge in [-0.15, -0.1) is 0 Å². The molecule has 138 valence electrons. The topological polar surface area (TPSA) is 101 Å². The van der Waals surface area contributed by atoms with Crippen LogP contribution in [0.15, 0.2) is 42.5 Å². The number of benzene rings is 2. The Bertz CT molecular complexity index is 996. The molecule has 0 aliphatic carbocycles. The van der Waals surface area contributed by atoms with Crippen molar-refractivity contribution in [2.45, 2.75) is 18.9 Å².